The van der Waals surface area contributed by atoms with Gasteiger partial charge in [-0.3, -0.25) is 4.98 Å². The Hall–Kier alpha value is -3.04. The topological polar surface area (TPSA) is 94.1 Å². The maximum absolute atomic E-state index is 12.6. The Bertz CT molecular complexity index is 1790. The SMILES string of the molecule is O=S(=O)(Cl)c1nc2c(ccc3c(-c4ccccc4)ccnc32)c(-c2ccccc2)c1S(=O)(=O)Cl. The second kappa shape index (κ2) is 8.32. The summed E-state index contributed by atoms with van der Waals surface area (Å²) < 4.78 is 50.3. The van der Waals surface area contributed by atoms with Gasteiger partial charge in [0.2, 0.25) is 0 Å². The lowest BCUT2D eigenvalue weighted by atomic mass is 9.96. The van der Waals surface area contributed by atoms with Crippen LogP contribution in [0.5, 0.6) is 0 Å². The summed E-state index contributed by atoms with van der Waals surface area (Å²) in [6.45, 7) is 0. The summed E-state index contributed by atoms with van der Waals surface area (Å²) in [7, 11) is 2.25. The molecule has 10 heteroatoms. The van der Waals surface area contributed by atoms with Gasteiger partial charge in [0.25, 0.3) is 18.1 Å². The van der Waals surface area contributed by atoms with Crippen LogP contribution in [-0.4, -0.2) is 26.8 Å². The monoisotopic (exact) mass is 528 g/mol. The van der Waals surface area contributed by atoms with E-state index < -0.39 is 28.0 Å². The van der Waals surface area contributed by atoms with Crippen molar-refractivity contribution in [1.29, 1.82) is 0 Å². The van der Waals surface area contributed by atoms with Gasteiger partial charge in [0, 0.05) is 43.9 Å². The number of hydrogen-bond acceptors (Lipinski definition) is 6. The summed E-state index contributed by atoms with van der Waals surface area (Å²) in [5.74, 6) is 0. The lowest BCUT2D eigenvalue weighted by Gasteiger charge is -2.16. The smallest absolute Gasteiger partial charge is 0.254 e. The Morgan fingerprint density at radius 2 is 1.21 bits per heavy atom. The second-order valence-electron chi connectivity index (χ2n) is 7.45. The summed E-state index contributed by atoms with van der Waals surface area (Å²) in [5.41, 5.74) is 2.92. The molecular formula is C24H14Cl2N2O4S2. The van der Waals surface area contributed by atoms with Crippen LogP contribution >= 0.6 is 21.4 Å². The van der Waals surface area contributed by atoms with Gasteiger partial charge in [-0.15, -0.1) is 0 Å². The first-order valence-corrected chi connectivity index (χ1v) is 14.5. The van der Waals surface area contributed by atoms with Crippen molar-refractivity contribution < 1.29 is 16.8 Å². The zero-order valence-electron chi connectivity index (χ0n) is 17.2. The molecule has 3 aromatic carbocycles. The van der Waals surface area contributed by atoms with Crippen LogP contribution in [0.3, 0.4) is 0 Å². The van der Waals surface area contributed by atoms with Gasteiger partial charge in [0.05, 0.1) is 11.0 Å². The molecule has 0 atom stereocenters. The molecule has 0 aliphatic rings. The number of aromatic nitrogens is 2. The van der Waals surface area contributed by atoms with Crippen LogP contribution in [-0.2, 0) is 18.1 Å². The van der Waals surface area contributed by atoms with Gasteiger partial charge in [-0.25, -0.2) is 21.8 Å². The molecule has 2 heterocycles. The summed E-state index contributed by atoms with van der Waals surface area (Å²) in [4.78, 5) is 8.01. The second-order valence-corrected chi connectivity index (χ2v) is 12.4. The van der Waals surface area contributed by atoms with E-state index in [9.17, 15) is 16.8 Å². The van der Waals surface area contributed by atoms with Crippen LogP contribution in [0.2, 0.25) is 0 Å². The van der Waals surface area contributed by atoms with Crippen molar-refractivity contribution in [3.8, 4) is 22.3 Å². The lowest BCUT2D eigenvalue weighted by Crippen LogP contribution is -2.08. The van der Waals surface area contributed by atoms with E-state index >= 15 is 0 Å². The molecule has 0 unspecified atom stereocenters. The molecule has 0 aliphatic heterocycles. The highest BCUT2D eigenvalue weighted by Gasteiger charge is 2.32. The number of nitrogens with zero attached hydrogens (tertiary/aromatic N) is 2. The largest absolute Gasteiger partial charge is 0.280 e. The first-order chi connectivity index (χ1) is 16.2. The van der Waals surface area contributed by atoms with E-state index in [-0.39, 0.29) is 11.1 Å². The summed E-state index contributed by atoms with van der Waals surface area (Å²) in [6, 6.07) is 23.4. The highest BCUT2D eigenvalue weighted by Crippen LogP contribution is 2.42. The number of halogens is 2. The molecule has 6 nitrogen and oxygen atoms in total. The third-order valence-corrected chi connectivity index (χ3v) is 8.09. The standard InChI is InChI=1S/C24H14Cl2N2O4S2/c25-33(29,30)23-20(16-9-5-2-6-10-16)19-12-11-18-17(15-7-3-1-4-8-15)13-14-27-21(18)22(19)28-24(23)34(26,31)32/h1-14H. The normalized spacial score (nSPS) is 12.3. The van der Waals surface area contributed by atoms with Crippen molar-refractivity contribution in [2.75, 3.05) is 0 Å². The fraction of sp³-hybridized carbons (Fsp3) is 0. The Kier molecular flexibility index (Phi) is 5.56. The third-order valence-electron chi connectivity index (χ3n) is 5.41. The summed E-state index contributed by atoms with van der Waals surface area (Å²) >= 11 is 0. The van der Waals surface area contributed by atoms with Gasteiger partial charge in [0.15, 0.2) is 5.03 Å². The van der Waals surface area contributed by atoms with Gasteiger partial charge in [-0.05, 0) is 22.8 Å². The number of benzene rings is 3. The predicted molar refractivity (Wildman–Crippen MR) is 134 cm³/mol. The zero-order chi connectivity index (χ0) is 24.1. The van der Waals surface area contributed by atoms with E-state index in [1.165, 1.54) is 0 Å². The highest BCUT2D eigenvalue weighted by molar-refractivity contribution is 8.16. The first kappa shape index (κ1) is 22.7. The Balaban J connectivity index is 2.03. The molecule has 5 aromatic rings. The molecule has 0 saturated heterocycles. The van der Waals surface area contributed by atoms with Crippen LogP contribution in [0.4, 0.5) is 0 Å². The average molecular weight is 529 g/mol. The molecule has 0 amide bonds. The molecule has 0 saturated carbocycles. The van der Waals surface area contributed by atoms with Gasteiger partial charge >= 0.3 is 0 Å². The van der Waals surface area contributed by atoms with Crippen molar-refractivity contribution in [3.05, 3.63) is 85.1 Å². The minimum atomic E-state index is -4.60. The van der Waals surface area contributed by atoms with Gasteiger partial charge in [0.1, 0.15) is 4.90 Å². The van der Waals surface area contributed by atoms with E-state index in [2.05, 4.69) is 9.97 Å². The van der Waals surface area contributed by atoms with Gasteiger partial charge in [-0.2, -0.15) is 0 Å². The van der Waals surface area contributed by atoms with Crippen LogP contribution in [0.1, 0.15) is 0 Å². The molecular weight excluding hydrogens is 515 g/mol. The lowest BCUT2D eigenvalue weighted by molar-refractivity contribution is 0.594. The third kappa shape index (κ3) is 3.92. The van der Waals surface area contributed by atoms with E-state index in [0.29, 0.717) is 21.9 Å². The molecule has 0 N–H and O–H groups in total. The van der Waals surface area contributed by atoms with E-state index in [1.54, 1.807) is 48.7 Å². The van der Waals surface area contributed by atoms with Crippen LogP contribution in [0, 0.1) is 0 Å². The molecule has 170 valence electrons. The van der Waals surface area contributed by atoms with Gasteiger partial charge in [-0.1, -0.05) is 72.8 Å². The molecule has 34 heavy (non-hydrogen) atoms. The van der Waals surface area contributed by atoms with E-state index in [1.807, 2.05) is 36.4 Å². The summed E-state index contributed by atoms with van der Waals surface area (Å²) in [6.07, 6.45) is 1.59. The summed E-state index contributed by atoms with van der Waals surface area (Å²) in [5, 5.41) is 0.252. The fourth-order valence-corrected chi connectivity index (χ4v) is 7.02. The van der Waals surface area contributed by atoms with Crippen LogP contribution < -0.4 is 0 Å². The number of rotatable bonds is 4. The minimum absolute atomic E-state index is 0.0913. The quantitative estimate of drug-likeness (QED) is 0.210. The molecule has 0 aliphatic carbocycles. The first-order valence-electron chi connectivity index (χ1n) is 9.92. The van der Waals surface area contributed by atoms with Crippen LogP contribution in [0.25, 0.3) is 44.1 Å². The van der Waals surface area contributed by atoms with E-state index in [4.69, 9.17) is 21.4 Å². The molecule has 2 aromatic heterocycles. The minimum Gasteiger partial charge on any atom is -0.254 e. The number of hydrogen-bond donors (Lipinski definition) is 0. The van der Waals surface area contributed by atoms with Crippen molar-refractivity contribution >= 4 is 61.3 Å². The van der Waals surface area contributed by atoms with E-state index in [0.717, 1.165) is 11.1 Å². The number of fused-ring (bicyclic) bond motifs is 3. The zero-order valence-corrected chi connectivity index (χ0v) is 20.3. The van der Waals surface area contributed by atoms with Crippen molar-refractivity contribution in [2.24, 2.45) is 0 Å². The molecule has 5 rings (SSSR count). The highest BCUT2D eigenvalue weighted by atomic mass is 35.7. The maximum atomic E-state index is 12.6. The molecule has 0 spiro atoms. The van der Waals surface area contributed by atoms with Crippen molar-refractivity contribution in [3.63, 3.8) is 0 Å². The Morgan fingerprint density at radius 3 is 1.79 bits per heavy atom. The fourth-order valence-electron chi connectivity index (χ4n) is 4.05. The molecule has 0 bridgehead atoms. The predicted octanol–water partition coefficient (Wildman–Crippen LogP) is 5.97. The Morgan fingerprint density at radius 1 is 0.618 bits per heavy atom. The van der Waals surface area contributed by atoms with Crippen molar-refractivity contribution in [1.82, 2.24) is 9.97 Å². The molecule has 0 radical (unpaired) electrons. The van der Waals surface area contributed by atoms with Gasteiger partial charge < -0.3 is 0 Å². The molecule has 0 fully saturated rings. The van der Waals surface area contributed by atoms with Crippen LogP contribution in [0.15, 0.2) is 95.0 Å². The van der Waals surface area contributed by atoms with Crippen molar-refractivity contribution in [2.45, 2.75) is 9.92 Å². The average Bonchev–Trinajstić information content (AvgIpc) is 2.82. The Labute approximate surface area is 204 Å². The maximum Gasteiger partial charge on any atom is 0.280 e. The number of pyridine rings is 2.